The van der Waals surface area contributed by atoms with E-state index < -0.39 is 15.8 Å². The Morgan fingerprint density at radius 1 is 1.00 bits per heavy atom. The van der Waals surface area contributed by atoms with E-state index in [1.54, 1.807) is 0 Å². The van der Waals surface area contributed by atoms with Crippen LogP contribution in [0.25, 0.3) is 0 Å². The lowest BCUT2D eigenvalue weighted by Gasteiger charge is -2.30. The van der Waals surface area contributed by atoms with Gasteiger partial charge in [-0.25, -0.2) is 0 Å². The molecule has 4 heteroatoms. The van der Waals surface area contributed by atoms with Crippen LogP contribution in [0.4, 0.5) is 0 Å². The van der Waals surface area contributed by atoms with Gasteiger partial charge in [-0.15, -0.1) is 0 Å². The predicted octanol–water partition coefficient (Wildman–Crippen LogP) is 4.47. The van der Waals surface area contributed by atoms with E-state index in [-0.39, 0.29) is 0 Å². The van der Waals surface area contributed by atoms with Crippen molar-refractivity contribution in [2.45, 2.75) is 38.5 Å². The Morgan fingerprint density at radius 3 is 2.06 bits per heavy atom. The Morgan fingerprint density at radius 2 is 1.56 bits per heavy atom. The summed E-state index contributed by atoms with van der Waals surface area (Å²) in [5, 5.41) is 0. The SMILES string of the molecule is C[Si](C)(C)O[Si](C)(C)SCc1ccccc1. The maximum atomic E-state index is 6.29. The Bertz CT molecular complexity index is 320. The summed E-state index contributed by atoms with van der Waals surface area (Å²) in [7, 11) is -2.93. The second kappa shape index (κ2) is 5.53. The molecule has 16 heavy (non-hydrogen) atoms. The van der Waals surface area contributed by atoms with Crippen LogP contribution in [0.5, 0.6) is 0 Å². The molecule has 0 saturated heterocycles. The third kappa shape index (κ3) is 5.89. The molecule has 0 amide bonds. The van der Waals surface area contributed by atoms with E-state index in [9.17, 15) is 0 Å². The third-order valence-electron chi connectivity index (χ3n) is 1.98. The molecule has 0 saturated carbocycles. The van der Waals surface area contributed by atoms with Gasteiger partial charge >= 0.3 is 0 Å². The topological polar surface area (TPSA) is 9.23 Å². The molecule has 1 rings (SSSR count). The zero-order valence-electron chi connectivity index (χ0n) is 10.9. The summed E-state index contributed by atoms with van der Waals surface area (Å²) in [4.78, 5) is 0. The van der Waals surface area contributed by atoms with Gasteiger partial charge in [0.05, 0.1) is 0 Å². The fraction of sp³-hybridized carbons (Fsp3) is 0.500. The summed E-state index contributed by atoms with van der Waals surface area (Å²) in [5.41, 5.74) is 1.40. The number of hydrogen-bond donors (Lipinski definition) is 0. The lowest BCUT2D eigenvalue weighted by atomic mass is 10.2. The molecule has 1 aromatic carbocycles. The third-order valence-corrected chi connectivity index (χ3v) is 10.8. The lowest BCUT2D eigenvalue weighted by Crippen LogP contribution is -2.40. The minimum Gasteiger partial charge on any atom is -0.448 e. The molecule has 0 aliphatic carbocycles. The van der Waals surface area contributed by atoms with Crippen molar-refractivity contribution in [3.8, 4) is 0 Å². The summed E-state index contributed by atoms with van der Waals surface area (Å²) in [6.45, 7) is 11.4. The van der Waals surface area contributed by atoms with Crippen molar-refractivity contribution in [3.63, 3.8) is 0 Å². The highest BCUT2D eigenvalue weighted by Gasteiger charge is 2.30. The van der Waals surface area contributed by atoms with Crippen LogP contribution < -0.4 is 0 Å². The predicted molar refractivity (Wildman–Crippen MR) is 79.7 cm³/mol. The van der Waals surface area contributed by atoms with E-state index >= 15 is 0 Å². The van der Waals surface area contributed by atoms with E-state index in [0.717, 1.165) is 5.75 Å². The van der Waals surface area contributed by atoms with Gasteiger partial charge in [0.1, 0.15) is 0 Å². The standard InChI is InChI=1S/C12H22OSSi2/c1-15(2,3)13-16(4,5)14-11-12-9-7-6-8-10-12/h6-10H,11H2,1-5H3. The summed E-state index contributed by atoms with van der Waals surface area (Å²) in [6, 6.07) is 10.6. The van der Waals surface area contributed by atoms with Crippen LogP contribution in [0, 0.1) is 0 Å². The van der Waals surface area contributed by atoms with E-state index in [4.69, 9.17) is 4.12 Å². The van der Waals surface area contributed by atoms with E-state index in [1.807, 2.05) is 11.2 Å². The van der Waals surface area contributed by atoms with Gasteiger partial charge in [0.2, 0.25) is 7.47 Å². The molecule has 0 bridgehead atoms. The Hall–Kier alpha value is -0.0362. The van der Waals surface area contributed by atoms with Gasteiger partial charge in [-0.1, -0.05) is 30.3 Å². The fourth-order valence-electron chi connectivity index (χ4n) is 1.60. The number of rotatable bonds is 5. The molecule has 0 unspecified atom stereocenters. The summed E-state index contributed by atoms with van der Waals surface area (Å²) < 4.78 is 6.29. The van der Waals surface area contributed by atoms with Crippen molar-refractivity contribution < 1.29 is 4.12 Å². The molecule has 0 fully saturated rings. The van der Waals surface area contributed by atoms with Crippen LogP contribution in [-0.2, 0) is 9.87 Å². The molecule has 90 valence electrons. The first kappa shape index (κ1) is 14.0. The van der Waals surface area contributed by atoms with Gasteiger partial charge in [0, 0.05) is 5.75 Å². The van der Waals surface area contributed by atoms with Crippen molar-refractivity contribution in [2.75, 3.05) is 0 Å². The smallest absolute Gasteiger partial charge is 0.237 e. The van der Waals surface area contributed by atoms with Crippen LogP contribution in [0.15, 0.2) is 30.3 Å². The molecule has 0 aromatic heterocycles. The highest BCUT2D eigenvalue weighted by atomic mass is 32.4. The zero-order valence-corrected chi connectivity index (χ0v) is 13.7. The van der Waals surface area contributed by atoms with Crippen molar-refractivity contribution >= 4 is 27.0 Å². The molecular formula is C12H22OSSi2. The normalized spacial score (nSPS) is 12.8. The molecule has 0 aliphatic rings. The summed E-state index contributed by atoms with van der Waals surface area (Å²) >= 11 is 2.01. The first-order valence-electron chi connectivity index (χ1n) is 5.67. The average molecular weight is 271 g/mol. The molecule has 0 radical (unpaired) electrons. The van der Waals surface area contributed by atoms with E-state index in [1.165, 1.54) is 5.56 Å². The molecule has 0 atom stereocenters. The fourth-order valence-corrected chi connectivity index (χ4v) is 12.8. The molecule has 1 nitrogen and oxygen atoms in total. The second-order valence-corrected chi connectivity index (χ2v) is 17.6. The highest BCUT2D eigenvalue weighted by molar-refractivity contribution is 8.27. The maximum Gasteiger partial charge on any atom is 0.237 e. The lowest BCUT2D eigenvalue weighted by molar-refractivity contribution is 0.575. The molecule has 0 N–H and O–H groups in total. The number of benzene rings is 1. The molecular weight excluding hydrogens is 248 g/mol. The van der Waals surface area contributed by atoms with Gasteiger partial charge < -0.3 is 4.12 Å². The molecule has 0 spiro atoms. The molecule has 0 heterocycles. The summed E-state index contributed by atoms with van der Waals surface area (Å²) in [6.07, 6.45) is 0. The zero-order chi connectivity index (χ0) is 12.2. The van der Waals surface area contributed by atoms with Crippen molar-refractivity contribution in [2.24, 2.45) is 0 Å². The minimum atomic E-state index is -1.54. The highest BCUT2D eigenvalue weighted by Crippen LogP contribution is 2.28. The monoisotopic (exact) mass is 270 g/mol. The number of hydrogen-bond acceptors (Lipinski definition) is 2. The van der Waals surface area contributed by atoms with E-state index in [0.29, 0.717) is 0 Å². The molecule has 1 aromatic rings. The van der Waals surface area contributed by atoms with Gasteiger partial charge in [0.25, 0.3) is 0 Å². The maximum absolute atomic E-state index is 6.29. The first-order valence-corrected chi connectivity index (χ1v) is 13.7. The van der Waals surface area contributed by atoms with Crippen molar-refractivity contribution in [1.82, 2.24) is 0 Å². The molecule has 0 aliphatic heterocycles. The average Bonchev–Trinajstić information content (AvgIpc) is 2.13. The van der Waals surface area contributed by atoms with E-state index in [2.05, 4.69) is 63.1 Å². The van der Waals surface area contributed by atoms with Crippen molar-refractivity contribution in [3.05, 3.63) is 35.9 Å². The second-order valence-electron chi connectivity index (χ2n) is 5.39. The van der Waals surface area contributed by atoms with Crippen LogP contribution in [0.3, 0.4) is 0 Å². The van der Waals surface area contributed by atoms with Gasteiger partial charge in [-0.05, 0) is 38.3 Å². The van der Waals surface area contributed by atoms with Crippen molar-refractivity contribution in [1.29, 1.82) is 0 Å². The Kier molecular flexibility index (Phi) is 4.85. The van der Waals surface area contributed by atoms with Crippen LogP contribution in [-0.4, -0.2) is 15.8 Å². The minimum absolute atomic E-state index is 1.07. The van der Waals surface area contributed by atoms with Gasteiger partial charge in [-0.3, -0.25) is 0 Å². The quantitative estimate of drug-likeness (QED) is 0.730. The summed E-state index contributed by atoms with van der Waals surface area (Å²) in [5.74, 6) is 1.07. The first-order chi connectivity index (χ1) is 7.29. The largest absolute Gasteiger partial charge is 0.448 e. The Labute approximate surface area is 106 Å². The van der Waals surface area contributed by atoms with Gasteiger partial charge in [0.15, 0.2) is 8.32 Å². The van der Waals surface area contributed by atoms with Gasteiger partial charge in [-0.2, -0.15) is 11.2 Å². The Balaban J connectivity index is 2.48. The van der Waals surface area contributed by atoms with Crippen LogP contribution in [0.1, 0.15) is 5.56 Å². The van der Waals surface area contributed by atoms with Crippen LogP contribution >= 0.6 is 11.2 Å². The van der Waals surface area contributed by atoms with Crippen LogP contribution in [0.2, 0.25) is 32.7 Å².